The van der Waals surface area contributed by atoms with Crippen molar-refractivity contribution in [2.45, 2.75) is 23.6 Å². The number of aromatic nitrogens is 4. The molecule has 56 heavy (non-hydrogen) atoms. The second kappa shape index (κ2) is 18.7. The predicted octanol–water partition coefficient (Wildman–Crippen LogP) is 0.787. The molecule has 0 aliphatic heterocycles. The molecule has 0 atom stereocenters. The number of nitrogens with zero attached hydrogens (tertiary/aromatic N) is 8. The average Bonchev–Trinajstić information content (AvgIpc) is 3.55. The SMILES string of the molecule is Cc1[n-]n(-c2cccc(Cl)c2)c(=O)c1N=Nc1cc(S(N)(=O)=O)ccc1[O-].Cc1[n-]n(-c2cccc(Cl)c2)c(=O)c1N=Nc1cc(S(N)(=O)=O)ccc1[O-].[Cr+3].[Na+]. The molecule has 0 aliphatic rings. The molecule has 4 N–H and O–H groups in total. The topological polar surface area (TPSA) is 288 Å². The van der Waals surface area contributed by atoms with Gasteiger partial charge in [-0.05, 0) is 60.7 Å². The largest absolute Gasteiger partial charge is 3.00 e. The summed E-state index contributed by atoms with van der Waals surface area (Å²) in [5, 5.41) is 57.8. The average molecular weight is 887 g/mol. The van der Waals surface area contributed by atoms with Crippen LogP contribution < -0.4 is 71.4 Å². The van der Waals surface area contributed by atoms with E-state index >= 15 is 0 Å². The van der Waals surface area contributed by atoms with Crippen molar-refractivity contribution in [3.63, 3.8) is 0 Å². The van der Waals surface area contributed by atoms with E-state index < -0.39 is 42.7 Å². The molecule has 1 radical (unpaired) electrons. The van der Waals surface area contributed by atoms with Gasteiger partial charge in [0.1, 0.15) is 11.4 Å². The maximum Gasteiger partial charge on any atom is 3.00 e. The minimum atomic E-state index is -4.01. The molecule has 2 aromatic heterocycles. The second-order valence-electron chi connectivity index (χ2n) is 11.0. The molecule has 6 aromatic rings. The maximum absolute atomic E-state index is 12.5. The Morgan fingerprint density at radius 1 is 0.607 bits per heavy atom. The fraction of sp³-hybridized carbons (Fsp3) is 0.0625. The van der Waals surface area contributed by atoms with Gasteiger partial charge in [-0.3, -0.25) is 9.59 Å². The fourth-order valence-corrected chi connectivity index (χ4v) is 5.94. The van der Waals surface area contributed by atoms with Crippen LogP contribution in [0.5, 0.6) is 11.5 Å². The number of primary sulfonamides is 2. The van der Waals surface area contributed by atoms with E-state index in [9.17, 15) is 36.6 Å². The Balaban J connectivity index is 0.000000290. The van der Waals surface area contributed by atoms with Crippen LogP contribution in [0, 0.1) is 13.8 Å². The van der Waals surface area contributed by atoms with Gasteiger partial charge >= 0.3 is 46.9 Å². The van der Waals surface area contributed by atoms with Gasteiger partial charge < -0.3 is 29.8 Å². The van der Waals surface area contributed by atoms with Crippen molar-refractivity contribution in [3.8, 4) is 22.9 Å². The zero-order valence-corrected chi connectivity index (χ0v) is 35.5. The van der Waals surface area contributed by atoms with E-state index in [1.165, 1.54) is 0 Å². The number of nitrogens with two attached hydrogens (primary N) is 2. The minimum Gasteiger partial charge on any atom is -0.871 e. The summed E-state index contributed by atoms with van der Waals surface area (Å²) in [5.41, 5.74) is -0.396. The Morgan fingerprint density at radius 2 is 0.964 bits per heavy atom. The number of benzene rings is 4. The van der Waals surface area contributed by atoms with E-state index in [1.807, 2.05) is 0 Å². The Bertz CT molecular complexity index is 2630. The summed E-state index contributed by atoms with van der Waals surface area (Å²) in [6.07, 6.45) is 0. The third kappa shape index (κ3) is 10.9. The normalized spacial score (nSPS) is 11.5. The summed E-state index contributed by atoms with van der Waals surface area (Å²) in [4.78, 5) is 24.5. The van der Waals surface area contributed by atoms with Crippen LogP contribution in [-0.2, 0) is 37.4 Å². The predicted molar refractivity (Wildman–Crippen MR) is 193 cm³/mol. The summed E-state index contributed by atoms with van der Waals surface area (Å²) in [6.45, 7) is 3.10. The van der Waals surface area contributed by atoms with E-state index in [-0.39, 0.29) is 90.8 Å². The van der Waals surface area contributed by atoms with Gasteiger partial charge in [-0.1, -0.05) is 72.8 Å². The monoisotopic (exact) mass is 885 g/mol. The van der Waals surface area contributed by atoms with Gasteiger partial charge in [0, 0.05) is 21.4 Å². The Labute approximate surface area is 361 Å². The molecule has 0 saturated carbocycles. The number of hydrogen-bond acceptors (Lipinski definition) is 12. The van der Waals surface area contributed by atoms with E-state index in [1.54, 1.807) is 62.4 Å². The molecule has 0 aliphatic carbocycles. The molecule has 24 heteroatoms. The van der Waals surface area contributed by atoms with Crippen LogP contribution in [0.15, 0.2) is 125 Å². The van der Waals surface area contributed by atoms with Crippen LogP contribution in [0.3, 0.4) is 0 Å². The van der Waals surface area contributed by atoms with Gasteiger partial charge in [0.15, 0.2) is 0 Å². The molecule has 283 valence electrons. The third-order valence-corrected chi connectivity index (χ3v) is 9.41. The first-order chi connectivity index (χ1) is 25.3. The van der Waals surface area contributed by atoms with Crippen molar-refractivity contribution in [3.05, 3.63) is 127 Å². The Morgan fingerprint density at radius 3 is 1.29 bits per heavy atom. The molecule has 0 unspecified atom stereocenters. The first-order valence-electron chi connectivity index (χ1n) is 14.9. The Hall–Kier alpha value is -4.37. The number of azo groups is 2. The van der Waals surface area contributed by atoms with Gasteiger partial charge in [0.25, 0.3) is 11.1 Å². The van der Waals surface area contributed by atoms with Gasteiger partial charge in [-0.2, -0.15) is 10.2 Å². The van der Waals surface area contributed by atoms with Crippen molar-refractivity contribution in [1.82, 2.24) is 19.6 Å². The first-order valence-corrected chi connectivity index (χ1v) is 18.7. The summed E-state index contributed by atoms with van der Waals surface area (Å²) >= 11 is 11.8. The van der Waals surface area contributed by atoms with Crippen molar-refractivity contribution < 1.29 is 74.0 Å². The Kier molecular flexibility index (Phi) is 15.4. The molecule has 0 fully saturated rings. The standard InChI is InChI=1S/2C16H14ClN5O4S.Cr.Na/c2*1-9-15(16(24)22(21-9)11-4-2-3-10(17)7-11)20-19-13-8-12(27(18,25)26)5-6-14(13)23;;/h2*2-8H,1H3,(H4,18,19,20,21,23,24,25,26);;/q;;+3;+1/p-4. The van der Waals surface area contributed by atoms with Gasteiger partial charge in [0.05, 0.1) is 21.2 Å². The van der Waals surface area contributed by atoms with E-state index in [0.29, 0.717) is 21.4 Å². The van der Waals surface area contributed by atoms with E-state index in [2.05, 4.69) is 30.7 Å². The molecule has 2 heterocycles. The molecular weight excluding hydrogens is 862 g/mol. The van der Waals surface area contributed by atoms with Crippen LogP contribution in [0.2, 0.25) is 10.0 Å². The quantitative estimate of drug-likeness (QED) is 0.160. The summed E-state index contributed by atoms with van der Waals surface area (Å²) in [6, 6.07) is 19.2. The minimum absolute atomic E-state index is 0. The molecule has 0 saturated heterocycles. The summed E-state index contributed by atoms with van der Waals surface area (Å²) in [5.74, 6) is -1.14. The first kappa shape index (κ1) is 46.0. The molecule has 18 nitrogen and oxygen atoms in total. The summed E-state index contributed by atoms with van der Waals surface area (Å²) in [7, 11) is -8.02. The molecule has 0 spiro atoms. The molecular formula is C32H24Cl2CrN10NaO8S2. The number of rotatable bonds is 8. The summed E-state index contributed by atoms with van der Waals surface area (Å²) < 4.78 is 47.8. The number of halogens is 2. The van der Waals surface area contributed by atoms with Crippen LogP contribution in [-0.4, -0.2) is 26.2 Å². The van der Waals surface area contributed by atoms with E-state index in [4.69, 9.17) is 33.5 Å². The van der Waals surface area contributed by atoms with Gasteiger partial charge in [-0.15, -0.1) is 21.6 Å². The van der Waals surface area contributed by atoms with Crippen LogP contribution in [0.4, 0.5) is 22.7 Å². The molecule has 0 bridgehead atoms. The van der Waals surface area contributed by atoms with Crippen LogP contribution in [0.25, 0.3) is 11.4 Å². The van der Waals surface area contributed by atoms with Crippen LogP contribution >= 0.6 is 23.2 Å². The zero-order chi connectivity index (χ0) is 39.5. The molecule has 0 amide bonds. The number of aryl methyl sites for hydroxylation is 2. The maximum atomic E-state index is 12.5. The fourth-order valence-electron chi connectivity index (χ4n) is 4.50. The molecule has 6 rings (SSSR count). The van der Waals surface area contributed by atoms with Crippen molar-refractivity contribution >= 4 is 66.0 Å². The van der Waals surface area contributed by atoms with Gasteiger partial charge in [0.2, 0.25) is 20.0 Å². The van der Waals surface area contributed by atoms with Gasteiger partial charge in [-0.25, -0.2) is 27.1 Å². The van der Waals surface area contributed by atoms with Crippen molar-refractivity contribution in [2.24, 2.45) is 30.7 Å². The molecule has 4 aromatic carbocycles. The van der Waals surface area contributed by atoms with Crippen molar-refractivity contribution in [1.29, 1.82) is 0 Å². The third-order valence-electron chi connectivity index (χ3n) is 7.11. The smallest absolute Gasteiger partial charge is 0.871 e. The van der Waals surface area contributed by atoms with Crippen LogP contribution in [0.1, 0.15) is 11.4 Å². The zero-order valence-electron chi connectivity index (χ0n) is 29.1. The number of hydrogen-bond donors (Lipinski definition) is 2. The van der Waals surface area contributed by atoms with E-state index in [0.717, 1.165) is 45.8 Å². The van der Waals surface area contributed by atoms with Crippen molar-refractivity contribution in [2.75, 3.05) is 0 Å². The second-order valence-corrected chi connectivity index (χ2v) is 15.0. The number of sulfonamides is 2.